The van der Waals surface area contributed by atoms with Crippen molar-refractivity contribution >= 4 is 17.7 Å². The van der Waals surface area contributed by atoms with Crippen molar-refractivity contribution in [2.45, 2.75) is 29.8 Å². The van der Waals surface area contributed by atoms with Gasteiger partial charge in [0.15, 0.2) is 0 Å². The van der Waals surface area contributed by atoms with Crippen LogP contribution < -0.4 is 0 Å². The molecular weight excluding hydrogens is 267 g/mol. The van der Waals surface area contributed by atoms with Gasteiger partial charge in [0.1, 0.15) is 5.69 Å². The number of carbonyl (C=O) groups excluding carboxylic acids is 1. The van der Waals surface area contributed by atoms with E-state index in [-0.39, 0.29) is 16.7 Å². The zero-order valence-electron chi connectivity index (χ0n) is 9.82. The minimum absolute atomic E-state index is 0.124. The first kappa shape index (κ1) is 14.8. The maximum Gasteiger partial charge on any atom is 0.433 e. The fraction of sp³-hybridized carbons (Fsp3) is 0.455. The number of hydrogen-bond acceptors (Lipinski definition) is 4. The summed E-state index contributed by atoms with van der Waals surface area (Å²) in [5.41, 5.74) is -0.933. The second kappa shape index (κ2) is 6.08. The second-order valence-corrected chi connectivity index (χ2v) is 5.03. The van der Waals surface area contributed by atoms with E-state index < -0.39 is 17.8 Å². The Bertz CT molecular complexity index is 423. The Labute approximate surface area is 107 Å². The Hall–Kier alpha value is -1.24. The van der Waals surface area contributed by atoms with E-state index >= 15 is 0 Å². The van der Waals surface area contributed by atoms with Crippen LogP contribution in [0.1, 0.15) is 19.0 Å². The molecule has 1 unspecified atom stereocenters. The maximum atomic E-state index is 12.4. The molecule has 0 aliphatic carbocycles. The molecule has 0 aromatic carbocycles. The summed E-state index contributed by atoms with van der Waals surface area (Å²) in [5.74, 6) is -0.401. The number of carbonyl (C=O) groups is 1. The first-order valence-electron chi connectivity index (χ1n) is 5.10. The lowest BCUT2D eigenvalue weighted by Gasteiger charge is -2.11. The van der Waals surface area contributed by atoms with Gasteiger partial charge in [0.2, 0.25) is 0 Å². The number of ether oxygens (including phenoxy) is 1. The van der Waals surface area contributed by atoms with E-state index in [0.717, 1.165) is 17.8 Å². The van der Waals surface area contributed by atoms with Crippen LogP contribution in [-0.4, -0.2) is 23.3 Å². The molecule has 0 N–H and O–H groups in total. The summed E-state index contributed by atoms with van der Waals surface area (Å²) >= 11 is 1.11. The Morgan fingerprint density at radius 2 is 2.17 bits per heavy atom. The molecule has 3 nitrogen and oxygen atoms in total. The van der Waals surface area contributed by atoms with Crippen LogP contribution in [-0.2, 0) is 15.7 Å². The molecule has 1 aromatic heterocycles. The van der Waals surface area contributed by atoms with E-state index in [9.17, 15) is 18.0 Å². The van der Waals surface area contributed by atoms with E-state index in [2.05, 4.69) is 9.72 Å². The van der Waals surface area contributed by atoms with Crippen molar-refractivity contribution in [3.63, 3.8) is 0 Å². The summed E-state index contributed by atoms with van der Waals surface area (Å²) in [6.45, 7) is 1.73. The quantitative estimate of drug-likeness (QED) is 0.627. The SMILES string of the molecule is COC(=O)CC(C)Sc1cccc(C(F)(F)F)n1. The number of thioether (sulfide) groups is 1. The molecule has 7 heteroatoms. The van der Waals surface area contributed by atoms with Gasteiger partial charge in [-0.1, -0.05) is 13.0 Å². The lowest BCUT2D eigenvalue weighted by atomic mass is 10.3. The average Bonchev–Trinajstić information content (AvgIpc) is 2.27. The summed E-state index contributed by atoms with van der Waals surface area (Å²) in [6, 6.07) is 3.69. The minimum atomic E-state index is -4.46. The number of esters is 1. The van der Waals surface area contributed by atoms with E-state index in [0.29, 0.717) is 0 Å². The molecule has 1 heterocycles. The normalized spacial score (nSPS) is 13.2. The molecule has 1 aromatic rings. The molecule has 0 bridgehead atoms. The predicted octanol–water partition coefficient (Wildman–Crippen LogP) is 3.14. The molecule has 0 spiro atoms. The van der Waals surface area contributed by atoms with Crippen molar-refractivity contribution in [3.05, 3.63) is 23.9 Å². The Balaban J connectivity index is 2.71. The van der Waals surface area contributed by atoms with E-state index in [1.807, 2.05) is 0 Å². The number of methoxy groups -OCH3 is 1. The summed E-state index contributed by atoms with van der Waals surface area (Å²) < 4.78 is 41.8. The van der Waals surface area contributed by atoms with Crippen molar-refractivity contribution in [1.29, 1.82) is 0 Å². The van der Waals surface area contributed by atoms with Gasteiger partial charge in [0.05, 0.1) is 18.6 Å². The van der Waals surface area contributed by atoms with E-state index in [1.165, 1.54) is 19.2 Å². The smallest absolute Gasteiger partial charge is 0.433 e. The molecule has 1 rings (SSSR count). The number of nitrogens with zero attached hydrogens (tertiary/aromatic N) is 1. The molecule has 0 amide bonds. The summed E-state index contributed by atoms with van der Waals surface area (Å²) in [4.78, 5) is 14.5. The van der Waals surface area contributed by atoms with E-state index in [1.54, 1.807) is 6.92 Å². The third kappa shape index (κ3) is 4.56. The zero-order valence-corrected chi connectivity index (χ0v) is 10.6. The predicted molar refractivity (Wildman–Crippen MR) is 61.2 cm³/mol. The fourth-order valence-electron chi connectivity index (χ4n) is 1.20. The van der Waals surface area contributed by atoms with Crippen LogP contribution in [0.2, 0.25) is 0 Å². The van der Waals surface area contributed by atoms with Crippen LogP contribution in [0, 0.1) is 0 Å². The third-order valence-electron chi connectivity index (χ3n) is 2.02. The number of alkyl halides is 3. The van der Waals surface area contributed by atoms with Crippen molar-refractivity contribution in [3.8, 4) is 0 Å². The Morgan fingerprint density at radius 1 is 1.50 bits per heavy atom. The second-order valence-electron chi connectivity index (χ2n) is 3.57. The van der Waals surface area contributed by atoms with Crippen molar-refractivity contribution < 1.29 is 22.7 Å². The summed E-state index contributed by atoms with van der Waals surface area (Å²) in [5, 5.41) is 0.0367. The standard InChI is InChI=1S/C11H12F3NO2S/c1-7(6-10(16)17-2)18-9-5-3-4-8(15-9)11(12,13)14/h3-5,7H,6H2,1-2H3. The van der Waals surface area contributed by atoms with Crippen LogP contribution in [0.3, 0.4) is 0 Å². The van der Waals surface area contributed by atoms with E-state index in [4.69, 9.17) is 0 Å². The molecule has 0 aliphatic heterocycles. The van der Waals surface area contributed by atoms with Crippen LogP contribution in [0.25, 0.3) is 0 Å². The first-order valence-corrected chi connectivity index (χ1v) is 5.98. The van der Waals surface area contributed by atoms with Crippen molar-refractivity contribution in [2.24, 2.45) is 0 Å². The fourth-order valence-corrected chi connectivity index (χ4v) is 2.14. The first-order chi connectivity index (χ1) is 8.32. The largest absolute Gasteiger partial charge is 0.469 e. The Morgan fingerprint density at radius 3 is 2.72 bits per heavy atom. The van der Waals surface area contributed by atoms with Gasteiger partial charge >= 0.3 is 12.1 Å². The number of pyridine rings is 1. The monoisotopic (exact) mass is 279 g/mol. The molecule has 0 radical (unpaired) electrons. The molecule has 0 saturated carbocycles. The van der Waals surface area contributed by atoms with Gasteiger partial charge in [-0.25, -0.2) is 4.98 Å². The lowest BCUT2D eigenvalue weighted by Crippen LogP contribution is -2.10. The number of aromatic nitrogens is 1. The van der Waals surface area contributed by atoms with Gasteiger partial charge in [-0.3, -0.25) is 4.79 Å². The van der Waals surface area contributed by atoms with Gasteiger partial charge < -0.3 is 4.74 Å². The highest BCUT2D eigenvalue weighted by atomic mass is 32.2. The van der Waals surface area contributed by atoms with Crippen molar-refractivity contribution in [1.82, 2.24) is 4.98 Å². The molecule has 0 saturated heterocycles. The topological polar surface area (TPSA) is 39.2 Å². The van der Waals surface area contributed by atoms with Gasteiger partial charge in [0, 0.05) is 5.25 Å². The molecule has 18 heavy (non-hydrogen) atoms. The van der Waals surface area contributed by atoms with Crippen LogP contribution in [0.15, 0.2) is 23.2 Å². The van der Waals surface area contributed by atoms with Crippen LogP contribution >= 0.6 is 11.8 Å². The third-order valence-corrected chi connectivity index (χ3v) is 3.06. The van der Waals surface area contributed by atoms with Gasteiger partial charge in [-0.15, -0.1) is 11.8 Å². The summed E-state index contributed by atoms with van der Waals surface area (Å²) in [6.07, 6.45) is -4.33. The van der Waals surface area contributed by atoms with Gasteiger partial charge in [0.25, 0.3) is 0 Å². The molecule has 1 atom stereocenters. The Kier molecular flexibility index (Phi) is 5.01. The molecule has 100 valence electrons. The summed E-state index contributed by atoms with van der Waals surface area (Å²) in [7, 11) is 1.27. The van der Waals surface area contributed by atoms with Gasteiger partial charge in [-0.2, -0.15) is 13.2 Å². The molecular formula is C11H12F3NO2S. The highest BCUT2D eigenvalue weighted by Crippen LogP contribution is 2.30. The van der Waals surface area contributed by atoms with Gasteiger partial charge in [-0.05, 0) is 12.1 Å². The van der Waals surface area contributed by atoms with Crippen LogP contribution in [0.4, 0.5) is 13.2 Å². The highest BCUT2D eigenvalue weighted by molar-refractivity contribution is 7.99. The zero-order chi connectivity index (χ0) is 13.8. The number of hydrogen-bond donors (Lipinski definition) is 0. The molecule has 0 aliphatic rings. The average molecular weight is 279 g/mol. The highest BCUT2D eigenvalue weighted by Gasteiger charge is 2.32. The van der Waals surface area contributed by atoms with Crippen LogP contribution in [0.5, 0.6) is 0 Å². The minimum Gasteiger partial charge on any atom is -0.469 e. The number of halogens is 3. The van der Waals surface area contributed by atoms with Crippen molar-refractivity contribution in [2.75, 3.05) is 7.11 Å². The maximum absolute atomic E-state index is 12.4. The lowest BCUT2D eigenvalue weighted by molar-refractivity contribution is -0.142. The molecule has 0 fully saturated rings. The number of rotatable bonds is 4.